The Morgan fingerprint density at radius 3 is 2.14 bits per heavy atom. The SMILES string of the molecule is Cc1ccccc1CC(C)(C)NC(=O)COc1ccccc1OCC(F)(F)F. The quantitative estimate of drug-likeness (QED) is 0.718. The third-order valence-corrected chi connectivity index (χ3v) is 3.97. The number of alkyl halides is 3. The number of ether oxygens (including phenoxy) is 2. The van der Waals surface area contributed by atoms with Crippen molar-refractivity contribution in [1.82, 2.24) is 5.32 Å². The van der Waals surface area contributed by atoms with Crippen LogP contribution in [0.25, 0.3) is 0 Å². The molecule has 2 aromatic rings. The van der Waals surface area contributed by atoms with Gasteiger partial charge in [0.25, 0.3) is 5.91 Å². The molecule has 4 nitrogen and oxygen atoms in total. The molecule has 0 saturated heterocycles. The van der Waals surface area contributed by atoms with Crippen LogP contribution in [0, 0.1) is 6.92 Å². The first-order valence-corrected chi connectivity index (χ1v) is 8.83. The van der Waals surface area contributed by atoms with Gasteiger partial charge in [-0.25, -0.2) is 0 Å². The molecule has 0 bridgehead atoms. The number of hydrogen-bond donors (Lipinski definition) is 1. The summed E-state index contributed by atoms with van der Waals surface area (Å²) < 4.78 is 47.2. The van der Waals surface area contributed by atoms with Crippen molar-refractivity contribution in [3.05, 3.63) is 59.7 Å². The van der Waals surface area contributed by atoms with E-state index in [-0.39, 0.29) is 24.0 Å². The number of halogens is 3. The van der Waals surface area contributed by atoms with Crippen molar-refractivity contribution >= 4 is 5.91 Å². The van der Waals surface area contributed by atoms with Crippen molar-refractivity contribution in [2.75, 3.05) is 13.2 Å². The van der Waals surface area contributed by atoms with Crippen LogP contribution >= 0.6 is 0 Å². The van der Waals surface area contributed by atoms with Crippen LogP contribution in [0.15, 0.2) is 48.5 Å². The van der Waals surface area contributed by atoms with E-state index in [1.54, 1.807) is 6.07 Å². The summed E-state index contributed by atoms with van der Waals surface area (Å²) in [4.78, 5) is 12.3. The van der Waals surface area contributed by atoms with E-state index in [2.05, 4.69) is 5.32 Å². The van der Waals surface area contributed by atoms with Gasteiger partial charge in [-0.2, -0.15) is 13.2 Å². The highest BCUT2D eigenvalue weighted by Gasteiger charge is 2.29. The maximum Gasteiger partial charge on any atom is 0.422 e. The van der Waals surface area contributed by atoms with Gasteiger partial charge < -0.3 is 14.8 Å². The average molecular weight is 395 g/mol. The monoisotopic (exact) mass is 395 g/mol. The number of rotatable bonds is 8. The molecule has 7 heteroatoms. The highest BCUT2D eigenvalue weighted by molar-refractivity contribution is 5.78. The maximum absolute atomic E-state index is 12.4. The number of amides is 1. The van der Waals surface area contributed by atoms with Crippen molar-refractivity contribution in [1.29, 1.82) is 0 Å². The minimum atomic E-state index is -4.45. The van der Waals surface area contributed by atoms with Crippen molar-refractivity contribution in [2.24, 2.45) is 0 Å². The number of carbonyl (C=O) groups is 1. The Morgan fingerprint density at radius 2 is 1.54 bits per heavy atom. The summed E-state index contributed by atoms with van der Waals surface area (Å²) in [6.45, 7) is 4.05. The third kappa shape index (κ3) is 7.13. The summed E-state index contributed by atoms with van der Waals surface area (Å²) in [7, 11) is 0. The molecule has 1 N–H and O–H groups in total. The van der Waals surface area contributed by atoms with E-state index in [1.807, 2.05) is 45.0 Å². The molecule has 28 heavy (non-hydrogen) atoms. The predicted molar refractivity (Wildman–Crippen MR) is 101 cm³/mol. The van der Waals surface area contributed by atoms with Crippen LogP contribution in [-0.2, 0) is 11.2 Å². The van der Waals surface area contributed by atoms with Crippen LogP contribution in [-0.4, -0.2) is 30.8 Å². The molecular weight excluding hydrogens is 371 g/mol. The second kappa shape index (κ2) is 8.99. The van der Waals surface area contributed by atoms with Gasteiger partial charge in [-0.05, 0) is 50.5 Å². The van der Waals surface area contributed by atoms with Gasteiger partial charge in [0.2, 0.25) is 0 Å². The molecule has 152 valence electrons. The van der Waals surface area contributed by atoms with Crippen molar-refractivity contribution < 1.29 is 27.4 Å². The van der Waals surface area contributed by atoms with E-state index in [1.165, 1.54) is 18.2 Å². The molecule has 0 radical (unpaired) electrons. The average Bonchev–Trinajstić information content (AvgIpc) is 2.59. The molecule has 0 heterocycles. The fraction of sp³-hybridized carbons (Fsp3) is 0.381. The molecule has 0 aliphatic carbocycles. The van der Waals surface area contributed by atoms with Gasteiger partial charge in [-0.1, -0.05) is 36.4 Å². The molecule has 2 aromatic carbocycles. The van der Waals surface area contributed by atoms with E-state index in [0.717, 1.165) is 11.1 Å². The summed E-state index contributed by atoms with van der Waals surface area (Å²) in [5.41, 5.74) is 1.75. The number of carbonyl (C=O) groups excluding carboxylic acids is 1. The van der Waals surface area contributed by atoms with Crippen LogP contribution in [0.1, 0.15) is 25.0 Å². The Balaban J connectivity index is 1.92. The lowest BCUT2D eigenvalue weighted by Gasteiger charge is -2.27. The Kier molecular flexibility index (Phi) is 6.94. The van der Waals surface area contributed by atoms with Crippen LogP contribution in [0.4, 0.5) is 13.2 Å². The van der Waals surface area contributed by atoms with Crippen LogP contribution < -0.4 is 14.8 Å². The van der Waals surface area contributed by atoms with Gasteiger partial charge in [-0.3, -0.25) is 4.79 Å². The summed E-state index contributed by atoms with van der Waals surface area (Å²) in [6.07, 6.45) is -3.82. The molecule has 0 fully saturated rings. The van der Waals surface area contributed by atoms with E-state index in [4.69, 9.17) is 9.47 Å². The zero-order valence-corrected chi connectivity index (χ0v) is 16.1. The normalized spacial score (nSPS) is 11.8. The first-order chi connectivity index (χ1) is 13.1. The lowest BCUT2D eigenvalue weighted by molar-refractivity contribution is -0.153. The van der Waals surface area contributed by atoms with Gasteiger partial charge in [0.05, 0.1) is 0 Å². The van der Waals surface area contributed by atoms with Gasteiger partial charge >= 0.3 is 6.18 Å². The number of aryl methyl sites for hydroxylation is 1. The molecule has 0 spiro atoms. The number of hydrogen-bond acceptors (Lipinski definition) is 3. The number of benzene rings is 2. The minimum absolute atomic E-state index is 0.0632. The summed E-state index contributed by atoms with van der Waals surface area (Å²) in [5, 5.41) is 2.89. The van der Waals surface area contributed by atoms with Crippen molar-refractivity contribution in [2.45, 2.75) is 38.9 Å². The van der Waals surface area contributed by atoms with Crippen molar-refractivity contribution in [3.63, 3.8) is 0 Å². The van der Waals surface area contributed by atoms with Crippen molar-refractivity contribution in [3.8, 4) is 11.5 Å². The molecular formula is C21H24F3NO3. The van der Waals surface area contributed by atoms with Crippen LogP contribution in [0.5, 0.6) is 11.5 Å². The van der Waals surface area contributed by atoms with Crippen LogP contribution in [0.3, 0.4) is 0 Å². The standard InChI is InChI=1S/C21H24F3NO3/c1-15-8-4-5-9-16(15)12-20(2,3)25-19(26)13-27-17-10-6-7-11-18(17)28-14-21(22,23)24/h4-11H,12-14H2,1-3H3,(H,25,26). The fourth-order valence-corrected chi connectivity index (χ4v) is 2.73. The highest BCUT2D eigenvalue weighted by atomic mass is 19.4. The molecule has 2 rings (SSSR count). The molecule has 1 amide bonds. The van der Waals surface area contributed by atoms with E-state index >= 15 is 0 Å². The Hall–Kier alpha value is -2.70. The number of para-hydroxylation sites is 2. The molecule has 0 unspecified atom stereocenters. The lowest BCUT2D eigenvalue weighted by Crippen LogP contribution is -2.47. The molecule has 0 aromatic heterocycles. The number of nitrogens with one attached hydrogen (secondary N) is 1. The predicted octanol–water partition coefficient (Wildman–Crippen LogP) is 4.45. The third-order valence-electron chi connectivity index (χ3n) is 3.97. The highest BCUT2D eigenvalue weighted by Crippen LogP contribution is 2.28. The molecule has 0 aliphatic heterocycles. The zero-order chi connectivity index (χ0) is 20.8. The lowest BCUT2D eigenvalue weighted by atomic mass is 9.92. The molecule has 0 saturated carbocycles. The molecule has 0 atom stereocenters. The zero-order valence-electron chi connectivity index (χ0n) is 16.1. The van der Waals surface area contributed by atoms with E-state index < -0.39 is 18.3 Å². The topological polar surface area (TPSA) is 47.6 Å². The smallest absolute Gasteiger partial charge is 0.422 e. The largest absolute Gasteiger partial charge is 0.480 e. The molecule has 0 aliphatic rings. The van der Waals surface area contributed by atoms with Gasteiger partial charge in [-0.15, -0.1) is 0 Å². The second-order valence-corrected chi connectivity index (χ2v) is 7.17. The first-order valence-electron chi connectivity index (χ1n) is 8.83. The Labute approximate surface area is 162 Å². The van der Waals surface area contributed by atoms with Gasteiger partial charge in [0.1, 0.15) is 0 Å². The van der Waals surface area contributed by atoms with Gasteiger partial charge in [0, 0.05) is 5.54 Å². The summed E-state index contributed by atoms with van der Waals surface area (Å²) >= 11 is 0. The summed E-state index contributed by atoms with van der Waals surface area (Å²) in [6, 6.07) is 13.9. The van der Waals surface area contributed by atoms with Gasteiger partial charge in [0.15, 0.2) is 24.7 Å². The minimum Gasteiger partial charge on any atom is -0.480 e. The first kappa shape index (κ1) is 21.6. The van der Waals surface area contributed by atoms with E-state index in [0.29, 0.717) is 6.42 Å². The fourth-order valence-electron chi connectivity index (χ4n) is 2.73. The van der Waals surface area contributed by atoms with E-state index in [9.17, 15) is 18.0 Å². The maximum atomic E-state index is 12.4. The Bertz CT molecular complexity index is 803. The van der Waals surface area contributed by atoms with Crippen LogP contribution in [0.2, 0.25) is 0 Å². The Morgan fingerprint density at radius 1 is 0.964 bits per heavy atom. The second-order valence-electron chi connectivity index (χ2n) is 7.17. The summed E-state index contributed by atoms with van der Waals surface area (Å²) in [5.74, 6) is -0.352.